The second-order valence-corrected chi connectivity index (χ2v) is 4.91. The van der Waals surface area contributed by atoms with Crippen molar-refractivity contribution in [2.75, 3.05) is 44.7 Å². The van der Waals surface area contributed by atoms with E-state index >= 15 is 0 Å². The molecule has 0 unspecified atom stereocenters. The molecule has 1 saturated heterocycles. The molecule has 0 radical (unpaired) electrons. The van der Waals surface area contributed by atoms with Crippen molar-refractivity contribution in [1.82, 2.24) is 10.2 Å². The minimum Gasteiger partial charge on any atom is -0.379 e. The topological polar surface area (TPSA) is 53.6 Å². The summed E-state index contributed by atoms with van der Waals surface area (Å²) in [6.45, 7) is 7.68. The molecule has 0 aliphatic carbocycles. The first-order valence-corrected chi connectivity index (χ1v) is 7.17. The van der Waals surface area contributed by atoms with Crippen LogP contribution in [0.4, 0.5) is 5.69 Å². The molecule has 0 saturated carbocycles. The number of amides is 1. The third-order valence-corrected chi connectivity index (χ3v) is 3.28. The summed E-state index contributed by atoms with van der Waals surface area (Å²) in [5, 5.41) is 5.88. The van der Waals surface area contributed by atoms with Crippen LogP contribution in [-0.4, -0.2) is 50.2 Å². The van der Waals surface area contributed by atoms with Gasteiger partial charge >= 0.3 is 0 Å². The van der Waals surface area contributed by atoms with Gasteiger partial charge in [0, 0.05) is 25.3 Å². The zero-order chi connectivity index (χ0) is 14.2. The van der Waals surface area contributed by atoms with Crippen LogP contribution in [0.3, 0.4) is 0 Å². The van der Waals surface area contributed by atoms with Crippen molar-refractivity contribution in [3.05, 3.63) is 29.8 Å². The highest BCUT2D eigenvalue weighted by atomic mass is 16.5. The van der Waals surface area contributed by atoms with Gasteiger partial charge in [-0.25, -0.2) is 0 Å². The van der Waals surface area contributed by atoms with E-state index in [1.54, 1.807) is 0 Å². The number of nitrogens with zero attached hydrogens (tertiary/aromatic N) is 1. The van der Waals surface area contributed by atoms with Gasteiger partial charge in [0.05, 0.1) is 19.8 Å². The Hall–Kier alpha value is -1.43. The van der Waals surface area contributed by atoms with Gasteiger partial charge in [-0.3, -0.25) is 9.69 Å². The monoisotopic (exact) mass is 277 g/mol. The fraction of sp³-hybridized carbons (Fsp3) is 0.533. The average Bonchev–Trinajstić information content (AvgIpc) is 2.48. The van der Waals surface area contributed by atoms with Crippen LogP contribution in [0.1, 0.15) is 12.5 Å². The summed E-state index contributed by atoms with van der Waals surface area (Å²) >= 11 is 0. The molecule has 1 aliphatic heterocycles. The van der Waals surface area contributed by atoms with E-state index in [9.17, 15) is 4.79 Å². The van der Waals surface area contributed by atoms with Gasteiger partial charge in [-0.15, -0.1) is 0 Å². The Morgan fingerprint density at radius 1 is 1.25 bits per heavy atom. The standard InChI is InChI=1S/C15H23N3O2/c1-2-16-11-15(19)17-14-5-3-13(4-6-14)12-18-7-9-20-10-8-18/h3-6,16H,2,7-12H2,1H3,(H,17,19). The first kappa shape index (κ1) is 15.0. The number of rotatable bonds is 6. The summed E-state index contributed by atoms with van der Waals surface area (Å²) < 4.78 is 5.34. The summed E-state index contributed by atoms with van der Waals surface area (Å²) in [6.07, 6.45) is 0. The number of morpholine rings is 1. The van der Waals surface area contributed by atoms with E-state index in [1.165, 1.54) is 5.56 Å². The van der Waals surface area contributed by atoms with Crippen molar-refractivity contribution in [3.8, 4) is 0 Å². The lowest BCUT2D eigenvalue weighted by Crippen LogP contribution is -2.35. The first-order valence-electron chi connectivity index (χ1n) is 7.17. The average molecular weight is 277 g/mol. The highest BCUT2D eigenvalue weighted by Crippen LogP contribution is 2.12. The van der Waals surface area contributed by atoms with Crippen molar-refractivity contribution >= 4 is 11.6 Å². The molecule has 0 aromatic heterocycles. The predicted molar refractivity (Wildman–Crippen MR) is 79.7 cm³/mol. The zero-order valence-electron chi connectivity index (χ0n) is 12.0. The summed E-state index contributed by atoms with van der Waals surface area (Å²) in [4.78, 5) is 14.0. The third-order valence-electron chi connectivity index (χ3n) is 3.28. The van der Waals surface area contributed by atoms with Crippen LogP contribution in [0, 0.1) is 0 Å². The van der Waals surface area contributed by atoms with E-state index in [2.05, 4.69) is 27.7 Å². The number of ether oxygens (including phenoxy) is 1. The molecule has 0 spiro atoms. The molecule has 1 aromatic rings. The quantitative estimate of drug-likeness (QED) is 0.816. The lowest BCUT2D eigenvalue weighted by molar-refractivity contribution is -0.115. The number of hydrogen-bond acceptors (Lipinski definition) is 4. The predicted octanol–water partition coefficient (Wildman–Crippen LogP) is 1.07. The third kappa shape index (κ3) is 4.92. The summed E-state index contributed by atoms with van der Waals surface area (Å²) in [5.41, 5.74) is 2.11. The Labute approximate surface area is 120 Å². The molecule has 1 aromatic carbocycles. The maximum absolute atomic E-state index is 11.6. The Bertz CT molecular complexity index is 414. The van der Waals surface area contributed by atoms with Gasteiger partial charge in [0.25, 0.3) is 0 Å². The molecule has 2 N–H and O–H groups in total. The molecular weight excluding hydrogens is 254 g/mol. The fourth-order valence-electron chi connectivity index (χ4n) is 2.15. The highest BCUT2D eigenvalue weighted by molar-refractivity contribution is 5.92. The van der Waals surface area contributed by atoms with Gasteiger partial charge < -0.3 is 15.4 Å². The lowest BCUT2D eigenvalue weighted by Gasteiger charge is -2.26. The molecule has 20 heavy (non-hydrogen) atoms. The van der Waals surface area contributed by atoms with Crippen LogP contribution in [0.15, 0.2) is 24.3 Å². The van der Waals surface area contributed by atoms with Crippen LogP contribution in [0.2, 0.25) is 0 Å². The minimum atomic E-state index is -0.00669. The number of nitrogens with one attached hydrogen (secondary N) is 2. The Morgan fingerprint density at radius 3 is 2.60 bits per heavy atom. The number of anilines is 1. The Balaban J connectivity index is 1.81. The molecule has 0 atom stereocenters. The van der Waals surface area contributed by atoms with Gasteiger partial charge in [-0.05, 0) is 24.2 Å². The van der Waals surface area contributed by atoms with Crippen LogP contribution in [-0.2, 0) is 16.1 Å². The summed E-state index contributed by atoms with van der Waals surface area (Å²) in [6, 6.07) is 8.05. The van der Waals surface area contributed by atoms with Crippen molar-refractivity contribution in [2.45, 2.75) is 13.5 Å². The number of carbonyl (C=O) groups excluding carboxylic acids is 1. The van der Waals surface area contributed by atoms with Crippen molar-refractivity contribution < 1.29 is 9.53 Å². The minimum absolute atomic E-state index is 0.00669. The van der Waals surface area contributed by atoms with Crippen molar-refractivity contribution in [2.24, 2.45) is 0 Å². The van der Waals surface area contributed by atoms with Gasteiger partial charge in [0.1, 0.15) is 0 Å². The van der Waals surface area contributed by atoms with Gasteiger partial charge in [0.15, 0.2) is 0 Å². The van der Waals surface area contributed by atoms with Gasteiger partial charge in [-0.1, -0.05) is 19.1 Å². The molecule has 2 rings (SSSR count). The maximum atomic E-state index is 11.6. The lowest BCUT2D eigenvalue weighted by atomic mass is 10.2. The van der Waals surface area contributed by atoms with E-state index in [0.29, 0.717) is 6.54 Å². The van der Waals surface area contributed by atoms with Crippen LogP contribution >= 0.6 is 0 Å². The molecule has 5 heteroatoms. The van der Waals surface area contributed by atoms with E-state index < -0.39 is 0 Å². The fourth-order valence-corrected chi connectivity index (χ4v) is 2.15. The first-order chi connectivity index (χ1) is 9.78. The number of benzene rings is 1. The van der Waals surface area contributed by atoms with Crippen LogP contribution in [0.5, 0.6) is 0 Å². The smallest absolute Gasteiger partial charge is 0.238 e. The van der Waals surface area contributed by atoms with Crippen LogP contribution < -0.4 is 10.6 Å². The molecular formula is C15H23N3O2. The molecule has 1 aliphatic rings. The van der Waals surface area contributed by atoms with E-state index in [1.807, 2.05) is 19.1 Å². The Kier molecular flexibility index (Phi) is 5.98. The molecule has 1 amide bonds. The van der Waals surface area contributed by atoms with Gasteiger partial charge in [0.2, 0.25) is 5.91 Å². The number of carbonyl (C=O) groups is 1. The SMILES string of the molecule is CCNCC(=O)Nc1ccc(CN2CCOCC2)cc1. The largest absolute Gasteiger partial charge is 0.379 e. The normalized spacial score (nSPS) is 16.1. The summed E-state index contributed by atoms with van der Waals surface area (Å²) in [7, 11) is 0. The second-order valence-electron chi connectivity index (χ2n) is 4.91. The van der Waals surface area contributed by atoms with Crippen LogP contribution in [0.25, 0.3) is 0 Å². The molecule has 110 valence electrons. The highest BCUT2D eigenvalue weighted by Gasteiger charge is 2.10. The number of hydrogen-bond donors (Lipinski definition) is 2. The molecule has 1 fully saturated rings. The van der Waals surface area contributed by atoms with Crippen molar-refractivity contribution in [3.63, 3.8) is 0 Å². The second kappa shape index (κ2) is 7.99. The van der Waals surface area contributed by atoms with Gasteiger partial charge in [-0.2, -0.15) is 0 Å². The Morgan fingerprint density at radius 2 is 1.95 bits per heavy atom. The number of likely N-dealkylation sites (N-methyl/N-ethyl adjacent to an activating group) is 1. The van der Waals surface area contributed by atoms with E-state index in [-0.39, 0.29) is 5.91 Å². The van der Waals surface area contributed by atoms with Crippen molar-refractivity contribution in [1.29, 1.82) is 0 Å². The molecule has 5 nitrogen and oxygen atoms in total. The van der Waals surface area contributed by atoms with E-state index in [4.69, 9.17) is 4.74 Å². The zero-order valence-corrected chi connectivity index (χ0v) is 12.0. The molecule has 0 bridgehead atoms. The van der Waals surface area contributed by atoms with E-state index in [0.717, 1.165) is 45.1 Å². The molecule has 1 heterocycles. The maximum Gasteiger partial charge on any atom is 0.238 e. The summed E-state index contributed by atoms with van der Waals surface area (Å²) in [5.74, 6) is -0.00669.